The molecule has 17 heavy (non-hydrogen) atoms. The molecule has 1 fully saturated rings. The largest absolute Gasteiger partial charge is 0.488 e. The highest BCUT2D eigenvalue weighted by molar-refractivity contribution is 5.36. The SMILES string of the molecule is N#Cc1ccc(O[C@@H]2CCCC[C@H]2O)cc1F. The van der Waals surface area contributed by atoms with E-state index >= 15 is 0 Å². The molecule has 90 valence electrons. The van der Waals surface area contributed by atoms with E-state index in [0.29, 0.717) is 5.75 Å². The summed E-state index contributed by atoms with van der Waals surface area (Å²) in [6.45, 7) is 0. The highest BCUT2D eigenvalue weighted by atomic mass is 19.1. The van der Waals surface area contributed by atoms with Crippen LogP contribution in [0, 0.1) is 17.1 Å². The Hall–Kier alpha value is -1.60. The van der Waals surface area contributed by atoms with Gasteiger partial charge in [0, 0.05) is 6.07 Å². The molecule has 0 aromatic heterocycles. The topological polar surface area (TPSA) is 53.2 Å². The van der Waals surface area contributed by atoms with Crippen LogP contribution in [-0.4, -0.2) is 17.3 Å². The number of rotatable bonds is 2. The quantitative estimate of drug-likeness (QED) is 0.856. The van der Waals surface area contributed by atoms with Gasteiger partial charge in [-0.2, -0.15) is 5.26 Å². The molecular formula is C13H14FNO2. The number of benzene rings is 1. The molecule has 0 unspecified atom stereocenters. The van der Waals surface area contributed by atoms with Crippen LogP contribution in [0.2, 0.25) is 0 Å². The molecular weight excluding hydrogens is 221 g/mol. The normalized spacial score (nSPS) is 24.1. The number of halogens is 1. The predicted molar refractivity (Wildman–Crippen MR) is 60.0 cm³/mol. The summed E-state index contributed by atoms with van der Waals surface area (Å²) in [7, 11) is 0. The minimum absolute atomic E-state index is 0.00143. The zero-order chi connectivity index (χ0) is 12.3. The Morgan fingerprint density at radius 1 is 1.35 bits per heavy atom. The molecule has 0 spiro atoms. The van der Waals surface area contributed by atoms with E-state index in [2.05, 4.69) is 0 Å². The molecule has 0 radical (unpaired) electrons. The first-order chi connectivity index (χ1) is 8.20. The predicted octanol–water partition coefficient (Wildman–Crippen LogP) is 2.38. The van der Waals surface area contributed by atoms with Gasteiger partial charge in [0.05, 0.1) is 11.7 Å². The van der Waals surface area contributed by atoms with Crippen LogP contribution in [0.1, 0.15) is 31.2 Å². The standard InChI is InChI=1S/C13H14FNO2/c14-11-7-10(6-5-9(11)8-15)17-13-4-2-1-3-12(13)16/h5-7,12-13,16H,1-4H2/t12-,13-/m1/s1. The van der Waals surface area contributed by atoms with Gasteiger partial charge >= 0.3 is 0 Å². The Bertz CT molecular complexity index is 442. The third-order valence-corrected chi connectivity index (χ3v) is 3.02. The molecule has 1 aliphatic carbocycles. The van der Waals surface area contributed by atoms with Crippen LogP contribution in [0.25, 0.3) is 0 Å². The van der Waals surface area contributed by atoms with Crippen molar-refractivity contribution in [1.29, 1.82) is 5.26 Å². The lowest BCUT2D eigenvalue weighted by atomic mass is 9.95. The average molecular weight is 235 g/mol. The molecule has 1 saturated carbocycles. The number of aliphatic hydroxyl groups is 1. The minimum Gasteiger partial charge on any atom is -0.488 e. The summed E-state index contributed by atoms with van der Waals surface area (Å²) in [5.41, 5.74) is 0.00143. The summed E-state index contributed by atoms with van der Waals surface area (Å²) in [5, 5.41) is 18.3. The van der Waals surface area contributed by atoms with E-state index in [1.165, 1.54) is 12.1 Å². The first kappa shape index (κ1) is 11.9. The van der Waals surface area contributed by atoms with Crippen molar-refractivity contribution < 1.29 is 14.2 Å². The third kappa shape index (κ3) is 2.75. The van der Waals surface area contributed by atoms with Gasteiger partial charge in [0.15, 0.2) is 0 Å². The zero-order valence-electron chi connectivity index (χ0n) is 9.40. The monoisotopic (exact) mass is 235 g/mol. The molecule has 1 N–H and O–H groups in total. The second kappa shape index (κ2) is 5.15. The second-order valence-electron chi connectivity index (χ2n) is 4.26. The molecule has 2 rings (SSSR count). The fraction of sp³-hybridized carbons (Fsp3) is 0.462. The van der Waals surface area contributed by atoms with Gasteiger partial charge in [0.1, 0.15) is 23.7 Å². The van der Waals surface area contributed by atoms with Gasteiger partial charge in [-0.3, -0.25) is 0 Å². The van der Waals surface area contributed by atoms with Crippen LogP contribution in [0.3, 0.4) is 0 Å². The molecule has 2 atom stereocenters. The average Bonchev–Trinajstić information content (AvgIpc) is 2.32. The summed E-state index contributed by atoms with van der Waals surface area (Å²) in [5.74, 6) is -0.220. The Morgan fingerprint density at radius 2 is 2.12 bits per heavy atom. The first-order valence-electron chi connectivity index (χ1n) is 5.75. The first-order valence-corrected chi connectivity index (χ1v) is 5.75. The summed E-state index contributed by atoms with van der Waals surface area (Å²) in [4.78, 5) is 0. The second-order valence-corrected chi connectivity index (χ2v) is 4.26. The van der Waals surface area contributed by atoms with Crippen LogP contribution >= 0.6 is 0 Å². The molecule has 4 heteroatoms. The Labute approximate surface area is 99.4 Å². The number of hydrogen-bond donors (Lipinski definition) is 1. The smallest absolute Gasteiger partial charge is 0.144 e. The van der Waals surface area contributed by atoms with Crippen LogP contribution < -0.4 is 4.74 Å². The van der Waals surface area contributed by atoms with E-state index in [1.54, 1.807) is 12.1 Å². The summed E-state index contributed by atoms with van der Waals surface area (Å²) >= 11 is 0. The molecule has 3 nitrogen and oxygen atoms in total. The molecule has 0 bridgehead atoms. The van der Waals surface area contributed by atoms with E-state index in [0.717, 1.165) is 25.7 Å². The van der Waals surface area contributed by atoms with Crippen LogP contribution in [0.4, 0.5) is 4.39 Å². The van der Waals surface area contributed by atoms with Gasteiger partial charge in [-0.15, -0.1) is 0 Å². The zero-order valence-corrected chi connectivity index (χ0v) is 9.40. The lowest BCUT2D eigenvalue weighted by Crippen LogP contribution is -2.34. The van der Waals surface area contributed by atoms with E-state index in [-0.39, 0.29) is 11.7 Å². The van der Waals surface area contributed by atoms with Crippen LogP contribution in [-0.2, 0) is 0 Å². The maximum Gasteiger partial charge on any atom is 0.144 e. The fourth-order valence-corrected chi connectivity index (χ4v) is 2.05. The number of ether oxygens (including phenoxy) is 1. The van der Waals surface area contributed by atoms with Crippen molar-refractivity contribution >= 4 is 0 Å². The van der Waals surface area contributed by atoms with Gasteiger partial charge in [-0.1, -0.05) is 6.42 Å². The summed E-state index contributed by atoms with van der Waals surface area (Å²) in [6, 6.07) is 5.90. The van der Waals surface area contributed by atoms with Gasteiger partial charge in [-0.25, -0.2) is 4.39 Å². The lowest BCUT2D eigenvalue weighted by molar-refractivity contribution is 0.00672. The van der Waals surface area contributed by atoms with E-state index in [1.807, 2.05) is 0 Å². The van der Waals surface area contributed by atoms with E-state index < -0.39 is 11.9 Å². The number of hydrogen-bond acceptors (Lipinski definition) is 3. The van der Waals surface area contributed by atoms with Gasteiger partial charge in [0.25, 0.3) is 0 Å². The number of nitriles is 1. The van der Waals surface area contributed by atoms with Gasteiger partial charge < -0.3 is 9.84 Å². The molecule has 0 saturated heterocycles. The highest BCUT2D eigenvalue weighted by Crippen LogP contribution is 2.25. The van der Waals surface area contributed by atoms with Crippen LogP contribution in [0.5, 0.6) is 5.75 Å². The van der Waals surface area contributed by atoms with Crippen molar-refractivity contribution in [1.82, 2.24) is 0 Å². The Kier molecular flexibility index (Phi) is 3.60. The highest BCUT2D eigenvalue weighted by Gasteiger charge is 2.24. The molecule has 1 aromatic carbocycles. The Morgan fingerprint density at radius 3 is 2.76 bits per heavy atom. The third-order valence-electron chi connectivity index (χ3n) is 3.02. The van der Waals surface area contributed by atoms with Crippen molar-refractivity contribution in [2.45, 2.75) is 37.9 Å². The fourth-order valence-electron chi connectivity index (χ4n) is 2.05. The molecule has 0 amide bonds. The lowest BCUT2D eigenvalue weighted by Gasteiger charge is -2.28. The van der Waals surface area contributed by atoms with Crippen molar-refractivity contribution in [2.75, 3.05) is 0 Å². The molecule has 0 heterocycles. The van der Waals surface area contributed by atoms with E-state index in [9.17, 15) is 9.50 Å². The van der Waals surface area contributed by atoms with Crippen molar-refractivity contribution in [3.63, 3.8) is 0 Å². The minimum atomic E-state index is -0.588. The van der Waals surface area contributed by atoms with Gasteiger partial charge in [-0.05, 0) is 31.4 Å². The number of aliphatic hydroxyl groups excluding tert-OH is 1. The summed E-state index contributed by atoms with van der Waals surface area (Å²) < 4.78 is 18.9. The maximum absolute atomic E-state index is 13.3. The molecule has 1 aliphatic rings. The van der Waals surface area contributed by atoms with Crippen LogP contribution in [0.15, 0.2) is 18.2 Å². The maximum atomic E-state index is 13.3. The van der Waals surface area contributed by atoms with Crippen molar-refractivity contribution in [3.8, 4) is 11.8 Å². The molecule has 1 aromatic rings. The molecule has 0 aliphatic heterocycles. The number of nitrogens with zero attached hydrogens (tertiary/aromatic N) is 1. The van der Waals surface area contributed by atoms with E-state index in [4.69, 9.17) is 10.00 Å². The Balaban J connectivity index is 2.08. The summed E-state index contributed by atoms with van der Waals surface area (Å²) in [6.07, 6.45) is 2.77. The van der Waals surface area contributed by atoms with Crippen molar-refractivity contribution in [2.24, 2.45) is 0 Å². The van der Waals surface area contributed by atoms with Crippen molar-refractivity contribution in [3.05, 3.63) is 29.6 Å². The van der Waals surface area contributed by atoms with Gasteiger partial charge in [0.2, 0.25) is 0 Å².